The highest BCUT2D eigenvalue weighted by Gasteiger charge is 2.22. The van der Waals surface area contributed by atoms with E-state index in [2.05, 4.69) is 20.2 Å². The van der Waals surface area contributed by atoms with E-state index in [1.54, 1.807) is 12.1 Å². The molecule has 4 nitrogen and oxygen atoms in total. The minimum Gasteiger partial charge on any atom is -0.317 e. The third kappa shape index (κ3) is 5.61. The molecule has 1 aromatic heterocycles. The molecule has 0 saturated carbocycles. The number of hydrogen-bond acceptors (Lipinski definition) is 4. The maximum Gasteiger partial charge on any atom is 0.146 e. The molecule has 1 fully saturated rings. The fourth-order valence-electron chi connectivity index (χ4n) is 3.22. The smallest absolute Gasteiger partial charge is 0.146 e. The molecule has 1 aliphatic heterocycles. The van der Waals surface area contributed by atoms with Crippen LogP contribution in [0.1, 0.15) is 30.4 Å². The van der Waals surface area contributed by atoms with Gasteiger partial charge in [-0.25, -0.2) is 14.4 Å². The van der Waals surface area contributed by atoms with E-state index in [1.165, 1.54) is 6.33 Å². The molecule has 3 rings (SSSR count). The average Bonchev–Trinajstić information content (AvgIpc) is 2.88. The highest BCUT2D eigenvalue weighted by molar-refractivity contribution is 6.30. The lowest BCUT2D eigenvalue weighted by atomic mass is 10.0. The van der Waals surface area contributed by atoms with Gasteiger partial charge in [0.1, 0.15) is 12.1 Å². The maximum atomic E-state index is 14.4. The van der Waals surface area contributed by atoms with E-state index < -0.39 is 0 Å². The standard InChI is InChI=1S/C18H22ClFN4.ClH/c19-17-5-1-3-15(18(17)20)12-24(11-14-9-22-13-23-10-14)16-4-2-7-21-8-6-16;/h1,3,5,9-10,13,16,21H,2,4,6-8,11-12H2;1H. The van der Waals surface area contributed by atoms with Crippen molar-refractivity contribution in [1.29, 1.82) is 0 Å². The quantitative estimate of drug-likeness (QED) is 0.849. The van der Waals surface area contributed by atoms with Gasteiger partial charge in [0.15, 0.2) is 0 Å². The zero-order valence-corrected chi connectivity index (χ0v) is 15.6. The van der Waals surface area contributed by atoms with Gasteiger partial charge in [0, 0.05) is 42.7 Å². The summed E-state index contributed by atoms with van der Waals surface area (Å²) in [7, 11) is 0. The van der Waals surface area contributed by atoms with Crippen molar-refractivity contribution in [3.05, 3.63) is 58.9 Å². The Morgan fingerprint density at radius 3 is 2.76 bits per heavy atom. The van der Waals surface area contributed by atoms with Crippen LogP contribution in [0.4, 0.5) is 4.39 Å². The number of benzene rings is 1. The largest absolute Gasteiger partial charge is 0.317 e. The molecule has 2 heterocycles. The number of aromatic nitrogens is 2. The normalized spacial score (nSPS) is 17.8. The highest BCUT2D eigenvalue weighted by Crippen LogP contribution is 2.23. The van der Waals surface area contributed by atoms with Crippen molar-refractivity contribution >= 4 is 24.0 Å². The first-order valence-electron chi connectivity index (χ1n) is 8.35. The van der Waals surface area contributed by atoms with Crippen LogP contribution in [0.5, 0.6) is 0 Å². The minimum absolute atomic E-state index is 0. The van der Waals surface area contributed by atoms with Gasteiger partial charge in [-0.1, -0.05) is 23.7 Å². The van der Waals surface area contributed by atoms with E-state index in [0.29, 0.717) is 24.7 Å². The number of halogens is 3. The second kappa shape index (κ2) is 10.0. The summed E-state index contributed by atoms with van der Waals surface area (Å²) < 4.78 is 14.4. The summed E-state index contributed by atoms with van der Waals surface area (Å²) in [5.41, 5.74) is 1.67. The van der Waals surface area contributed by atoms with Gasteiger partial charge in [0.2, 0.25) is 0 Å². The van der Waals surface area contributed by atoms with E-state index in [4.69, 9.17) is 11.6 Å². The van der Waals surface area contributed by atoms with Crippen molar-refractivity contribution in [2.24, 2.45) is 0 Å². The molecule has 0 aliphatic carbocycles. The Morgan fingerprint density at radius 1 is 1.16 bits per heavy atom. The molecule has 1 atom stereocenters. The third-order valence-corrected chi connectivity index (χ3v) is 4.76. The minimum atomic E-state index is -0.319. The third-order valence-electron chi connectivity index (χ3n) is 4.47. The molecule has 0 spiro atoms. The molecule has 1 aromatic carbocycles. The predicted molar refractivity (Wildman–Crippen MR) is 100 cm³/mol. The molecule has 25 heavy (non-hydrogen) atoms. The summed E-state index contributed by atoms with van der Waals surface area (Å²) in [4.78, 5) is 10.5. The van der Waals surface area contributed by atoms with Crippen LogP contribution in [-0.4, -0.2) is 34.0 Å². The van der Waals surface area contributed by atoms with Gasteiger partial charge in [0.05, 0.1) is 5.02 Å². The predicted octanol–water partition coefficient (Wildman–Crippen LogP) is 3.84. The Bertz CT molecular complexity index is 649. The number of rotatable bonds is 5. The SMILES string of the molecule is Cl.Fc1c(Cl)cccc1CN(Cc1cncnc1)C1CCCNCC1. The second-order valence-corrected chi connectivity index (χ2v) is 6.61. The number of nitrogens with zero attached hydrogens (tertiary/aromatic N) is 3. The number of nitrogens with one attached hydrogen (secondary N) is 1. The van der Waals surface area contributed by atoms with Crippen LogP contribution in [0.25, 0.3) is 0 Å². The first-order valence-corrected chi connectivity index (χ1v) is 8.73. The fraction of sp³-hybridized carbons (Fsp3) is 0.444. The lowest BCUT2D eigenvalue weighted by Gasteiger charge is -2.31. The van der Waals surface area contributed by atoms with Crippen molar-refractivity contribution < 1.29 is 4.39 Å². The van der Waals surface area contributed by atoms with Gasteiger partial charge in [-0.3, -0.25) is 4.90 Å². The molecule has 0 radical (unpaired) electrons. The molecule has 2 aromatic rings. The summed E-state index contributed by atoms with van der Waals surface area (Å²) >= 11 is 5.95. The van der Waals surface area contributed by atoms with Gasteiger partial charge >= 0.3 is 0 Å². The molecule has 1 unspecified atom stereocenters. The maximum absolute atomic E-state index is 14.4. The van der Waals surface area contributed by atoms with Crippen LogP contribution in [0.2, 0.25) is 5.02 Å². The molecule has 136 valence electrons. The lowest BCUT2D eigenvalue weighted by molar-refractivity contribution is 0.162. The van der Waals surface area contributed by atoms with E-state index in [9.17, 15) is 4.39 Å². The molecule has 1 aliphatic rings. The average molecular weight is 385 g/mol. The Hall–Kier alpha value is -1.27. The van der Waals surface area contributed by atoms with Crippen LogP contribution in [0.3, 0.4) is 0 Å². The highest BCUT2D eigenvalue weighted by atomic mass is 35.5. The molecule has 1 N–H and O–H groups in total. The topological polar surface area (TPSA) is 41.1 Å². The van der Waals surface area contributed by atoms with Gasteiger partial charge < -0.3 is 5.32 Å². The molecule has 7 heteroatoms. The summed E-state index contributed by atoms with van der Waals surface area (Å²) in [6, 6.07) is 5.61. The second-order valence-electron chi connectivity index (χ2n) is 6.20. The lowest BCUT2D eigenvalue weighted by Crippen LogP contribution is -2.35. The van der Waals surface area contributed by atoms with Crippen LogP contribution in [0.15, 0.2) is 36.9 Å². The summed E-state index contributed by atoms with van der Waals surface area (Å²) in [5, 5.41) is 3.61. The van der Waals surface area contributed by atoms with Crippen molar-refractivity contribution in [3.63, 3.8) is 0 Å². The molecular weight excluding hydrogens is 362 g/mol. The van der Waals surface area contributed by atoms with Gasteiger partial charge in [-0.2, -0.15) is 0 Å². The van der Waals surface area contributed by atoms with Crippen LogP contribution in [0, 0.1) is 5.82 Å². The first kappa shape index (κ1) is 20.0. The Labute approximate surface area is 159 Å². The van der Waals surface area contributed by atoms with Crippen molar-refractivity contribution in [3.8, 4) is 0 Å². The van der Waals surface area contributed by atoms with Crippen molar-refractivity contribution in [2.75, 3.05) is 13.1 Å². The van der Waals surface area contributed by atoms with Crippen LogP contribution in [-0.2, 0) is 13.1 Å². The van der Waals surface area contributed by atoms with Crippen molar-refractivity contribution in [2.45, 2.75) is 38.4 Å². The monoisotopic (exact) mass is 384 g/mol. The molecular formula is C18H23Cl2FN4. The first-order chi connectivity index (χ1) is 11.7. The zero-order valence-electron chi connectivity index (χ0n) is 14.0. The summed E-state index contributed by atoms with van der Waals surface area (Å²) in [5.74, 6) is -0.319. The fourth-order valence-corrected chi connectivity index (χ4v) is 3.41. The molecule has 0 amide bonds. The van der Waals surface area contributed by atoms with E-state index in [1.807, 2.05) is 18.5 Å². The summed E-state index contributed by atoms with van der Waals surface area (Å²) in [6.45, 7) is 3.28. The van der Waals surface area contributed by atoms with E-state index in [-0.39, 0.29) is 23.2 Å². The number of hydrogen-bond donors (Lipinski definition) is 1. The Kier molecular flexibility index (Phi) is 8.03. The Morgan fingerprint density at radius 2 is 1.96 bits per heavy atom. The van der Waals surface area contributed by atoms with E-state index in [0.717, 1.165) is 37.9 Å². The van der Waals surface area contributed by atoms with Gasteiger partial charge in [0.25, 0.3) is 0 Å². The van der Waals surface area contributed by atoms with Crippen molar-refractivity contribution in [1.82, 2.24) is 20.2 Å². The zero-order chi connectivity index (χ0) is 16.8. The summed E-state index contributed by atoms with van der Waals surface area (Å²) in [6.07, 6.45) is 8.45. The van der Waals surface area contributed by atoms with Gasteiger partial charge in [-0.05, 0) is 38.4 Å². The molecule has 1 saturated heterocycles. The van der Waals surface area contributed by atoms with Crippen LogP contribution < -0.4 is 5.32 Å². The van der Waals surface area contributed by atoms with Gasteiger partial charge in [-0.15, -0.1) is 12.4 Å². The molecule has 0 bridgehead atoms. The van der Waals surface area contributed by atoms with E-state index >= 15 is 0 Å². The Balaban J connectivity index is 0.00000225. The van der Waals surface area contributed by atoms with Crippen LogP contribution >= 0.6 is 24.0 Å².